The van der Waals surface area contributed by atoms with Crippen molar-refractivity contribution in [2.24, 2.45) is 0 Å². The number of halogens is 3. The molecule has 9 heteroatoms. The molecule has 0 amide bonds. The fraction of sp³-hybridized carbons (Fsp3) is 0.278. The van der Waals surface area contributed by atoms with E-state index in [0.29, 0.717) is 24.5 Å². The normalized spacial score (nSPS) is 11.4. The molecule has 142 valence electrons. The second-order valence-corrected chi connectivity index (χ2v) is 5.65. The van der Waals surface area contributed by atoms with Crippen LogP contribution in [0.15, 0.2) is 49.3 Å². The minimum Gasteiger partial charge on any atom is -0.488 e. The number of ether oxygens (including phenoxy) is 2. The fourth-order valence-electron chi connectivity index (χ4n) is 2.35. The van der Waals surface area contributed by atoms with Gasteiger partial charge in [-0.05, 0) is 24.6 Å². The molecule has 3 rings (SSSR count). The molecule has 0 saturated carbocycles. The van der Waals surface area contributed by atoms with E-state index in [0.717, 1.165) is 17.8 Å². The van der Waals surface area contributed by atoms with E-state index in [1.54, 1.807) is 18.7 Å². The van der Waals surface area contributed by atoms with E-state index in [1.807, 2.05) is 23.8 Å². The van der Waals surface area contributed by atoms with Crippen LogP contribution in [0, 0.1) is 0 Å². The summed E-state index contributed by atoms with van der Waals surface area (Å²) in [5, 5.41) is 0. The Kier molecular flexibility index (Phi) is 5.58. The standard InChI is InChI=1S/C18H17F3N4O2/c1-2-26-15-7-14(10-25-6-5-22-12-25)9-24-17(15)27-11-13-3-4-16(23-8-13)18(19,20)21/h3-9,12H,2,10-11H2,1H3. The lowest BCUT2D eigenvalue weighted by Crippen LogP contribution is -2.08. The van der Waals surface area contributed by atoms with Crippen LogP contribution in [0.5, 0.6) is 11.6 Å². The molecule has 3 heterocycles. The summed E-state index contributed by atoms with van der Waals surface area (Å²) in [5.74, 6) is 0.737. The lowest BCUT2D eigenvalue weighted by atomic mass is 10.2. The van der Waals surface area contributed by atoms with Crippen molar-refractivity contribution in [3.05, 3.63) is 66.1 Å². The summed E-state index contributed by atoms with van der Waals surface area (Å²) in [4.78, 5) is 11.7. The smallest absolute Gasteiger partial charge is 0.433 e. The molecule has 0 aromatic carbocycles. The van der Waals surface area contributed by atoms with Gasteiger partial charge in [-0.3, -0.25) is 4.98 Å². The zero-order valence-corrected chi connectivity index (χ0v) is 14.5. The molecule has 0 atom stereocenters. The van der Waals surface area contributed by atoms with Gasteiger partial charge in [0.1, 0.15) is 12.3 Å². The van der Waals surface area contributed by atoms with E-state index in [2.05, 4.69) is 15.0 Å². The van der Waals surface area contributed by atoms with Gasteiger partial charge in [0.05, 0.1) is 19.5 Å². The molecule has 0 radical (unpaired) electrons. The largest absolute Gasteiger partial charge is 0.488 e. The highest BCUT2D eigenvalue weighted by Gasteiger charge is 2.32. The molecule has 0 saturated heterocycles. The van der Waals surface area contributed by atoms with E-state index in [-0.39, 0.29) is 12.5 Å². The number of nitrogens with zero attached hydrogens (tertiary/aromatic N) is 4. The Bertz CT molecular complexity index is 865. The van der Waals surface area contributed by atoms with Crippen LogP contribution in [-0.2, 0) is 19.3 Å². The van der Waals surface area contributed by atoms with Crippen LogP contribution in [0.25, 0.3) is 0 Å². The van der Waals surface area contributed by atoms with Crippen molar-refractivity contribution >= 4 is 0 Å². The van der Waals surface area contributed by atoms with Crippen molar-refractivity contribution in [2.75, 3.05) is 6.61 Å². The third kappa shape index (κ3) is 4.96. The van der Waals surface area contributed by atoms with Gasteiger partial charge in [-0.15, -0.1) is 0 Å². The predicted octanol–water partition coefficient (Wildman–Crippen LogP) is 3.72. The summed E-state index contributed by atoms with van der Waals surface area (Å²) in [5.41, 5.74) is 0.456. The van der Waals surface area contributed by atoms with Crippen molar-refractivity contribution in [3.8, 4) is 11.6 Å². The average Bonchev–Trinajstić information content (AvgIpc) is 3.14. The van der Waals surface area contributed by atoms with Crippen molar-refractivity contribution in [3.63, 3.8) is 0 Å². The van der Waals surface area contributed by atoms with Crippen LogP contribution in [0.1, 0.15) is 23.7 Å². The van der Waals surface area contributed by atoms with Gasteiger partial charge in [-0.25, -0.2) is 9.97 Å². The Morgan fingerprint density at radius 2 is 1.89 bits per heavy atom. The van der Waals surface area contributed by atoms with E-state index >= 15 is 0 Å². The predicted molar refractivity (Wildman–Crippen MR) is 90.3 cm³/mol. The molecule has 0 aliphatic heterocycles. The zero-order chi connectivity index (χ0) is 19.3. The Morgan fingerprint density at radius 1 is 1.07 bits per heavy atom. The molecule has 6 nitrogen and oxygen atoms in total. The molecule has 0 aliphatic carbocycles. The number of pyridine rings is 2. The highest BCUT2D eigenvalue weighted by atomic mass is 19.4. The molecular formula is C18H17F3N4O2. The lowest BCUT2D eigenvalue weighted by molar-refractivity contribution is -0.141. The van der Waals surface area contributed by atoms with Gasteiger partial charge >= 0.3 is 6.18 Å². The Balaban J connectivity index is 1.70. The molecule has 27 heavy (non-hydrogen) atoms. The summed E-state index contributed by atoms with van der Waals surface area (Å²) in [6, 6.07) is 4.06. The average molecular weight is 378 g/mol. The van der Waals surface area contributed by atoms with E-state index in [4.69, 9.17) is 9.47 Å². The van der Waals surface area contributed by atoms with Gasteiger partial charge in [0, 0.05) is 30.4 Å². The maximum Gasteiger partial charge on any atom is 0.433 e. The van der Waals surface area contributed by atoms with Crippen LogP contribution in [0.3, 0.4) is 0 Å². The Labute approximate surface area is 153 Å². The molecular weight excluding hydrogens is 361 g/mol. The summed E-state index contributed by atoms with van der Waals surface area (Å²) < 4.78 is 50.7. The Hall–Kier alpha value is -3.10. The third-order valence-electron chi connectivity index (χ3n) is 3.59. The van der Waals surface area contributed by atoms with Gasteiger partial charge in [-0.2, -0.15) is 13.2 Å². The molecule has 3 aromatic rings. The quantitative estimate of drug-likeness (QED) is 0.627. The van der Waals surface area contributed by atoms with Crippen molar-refractivity contribution in [2.45, 2.75) is 26.3 Å². The number of imidazole rings is 1. The first-order chi connectivity index (χ1) is 13.0. The highest BCUT2D eigenvalue weighted by molar-refractivity contribution is 5.36. The third-order valence-corrected chi connectivity index (χ3v) is 3.59. The lowest BCUT2D eigenvalue weighted by Gasteiger charge is -2.13. The summed E-state index contributed by atoms with van der Waals surface area (Å²) in [6.07, 6.45) is 3.55. The molecule has 0 spiro atoms. The highest BCUT2D eigenvalue weighted by Crippen LogP contribution is 2.28. The summed E-state index contributed by atoms with van der Waals surface area (Å²) in [6.45, 7) is 2.87. The minimum atomic E-state index is -4.46. The van der Waals surface area contributed by atoms with E-state index in [9.17, 15) is 13.2 Å². The van der Waals surface area contributed by atoms with E-state index < -0.39 is 11.9 Å². The van der Waals surface area contributed by atoms with Crippen LogP contribution < -0.4 is 9.47 Å². The second kappa shape index (κ2) is 8.07. The topological polar surface area (TPSA) is 62.1 Å². The number of hydrogen-bond acceptors (Lipinski definition) is 5. The van der Waals surface area contributed by atoms with Gasteiger partial charge in [0.25, 0.3) is 5.88 Å². The number of hydrogen-bond donors (Lipinski definition) is 0. The van der Waals surface area contributed by atoms with Crippen molar-refractivity contribution in [1.82, 2.24) is 19.5 Å². The van der Waals surface area contributed by atoms with Crippen LogP contribution >= 0.6 is 0 Å². The zero-order valence-electron chi connectivity index (χ0n) is 14.5. The van der Waals surface area contributed by atoms with E-state index in [1.165, 1.54) is 6.07 Å². The fourth-order valence-corrected chi connectivity index (χ4v) is 2.35. The van der Waals surface area contributed by atoms with Gasteiger partial charge < -0.3 is 14.0 Å². The van der Waals surface area contributed by atoms with Gasteiger partial charge in [0.15, 0.2) is 5.75 Å². The molecule has 0 fully saturated rings. The number of rotatable bonds is 7. The Morgan fingerprint density at radius 3 is 2.52 bits per heavy atom. The molecule has 0 N–H and O–H groups in total. The molecule has 3 aromatic heterocycles. The first kappa shape index (κ1) is 18.7. The summed E-state index contributed by atoms with van der Waals surface area (Å²) in [7, 11) is 0. The molecule has 0 bridgehead atoms. The summed E-state index contributed by atoms with van der Waals surface area (Å²) >= 11 is 0. The molecule has 0 aliphatic rings. The first-order valence-electron chi connectivity index (χ1n) is 8.18. The molecule has 0 unspecified atom stereocenters. The van der Waals surface area contributed by atoms with Gasteiger partial charge in [-0.1, -0.05) is 6.07 Å². The number of alkyl halides is 3. The first-order valence-corrected chi connectivity index (χ1v) is 8.18. The van der Waals surface area contributed by atoms with Crippen LogP contribution in [-0.4, -0.2) is 26.1 Å². The van der Waals surface area contributed by atoms with Crippen LogP contribution in [0.4, 0.5) is 13.2 Å². The number of aromatic nitrogens is 4. The maximum atomic E-state index is 12.6. The van der Waals surface area contributed by atoms with Gasteiger partial charge in [0.2, 0.25) is 0 Å². The monoisotopic (exact) mass is 378 g/mol. The van der Waals surface area contributed by atoms with Crippen LogP contribution in [0.2, 0.25) is 0 Å². The minimum absolute atomic E-state index is 0.0269. The SMILES string of the molecule is CCOc1cc(Cn2ccnc2)cnc1OCc1ccc(C(F)(F)F)nc1. The second-order valence-electron chi connectivity index (χ2n) is 5.65. The van der Waals surface area contributed by atoms with Crippen molar-refractivity contribution in [1.29, 1.82) is 0 Å². The van der Waals surface area contributed by atoms with Crippen molar-refractivity contribution < 1.29 is 22.6 Å². The maximum absolute atomic E-state index is 12.6.